The molecule has 0 saturated carbocycles. The lowest BCUT2D eigenvalue weighted by atomic mass is 9.99. The molecule has 0 aromatic heterocycles. The smallest absolute Gasteiger partial charge is 0.316 e. The van der Waals surface area contributed by atoms with Gasteiger partial charge in [-0.3, -0.25) is 4.79 Å². The highest BCUT2D eigenvalue weighted by Crippen LogP contribution is 2.23. The van der Waals surface area contributed by atoms with Crippen LogP contribution in [-0.2, 0) is 0 Å². The molecule has 1 rings (SSSR count). The first-order chi connectivity index (χ1) is 5.13. The Morgan fingerprint density at radius 3 is 2.09 bits per heavy atom. The van der Waals surface area contributed by atoms with Crippen LogP contribution in [0.3, 0.4) is 0 Å². The van der Waals surface area contributed by atoms with Gasteiger partial charge < -0.3 is 4.90 Å². The van der Waals surface area contributed by atoms with E-state index >= 15 is 0 Å². The van der Waals surface area contributed by atoms with Gasteiger partial charge in [-0.05, 0) is 44.7 Å². The van der Waals surface area contributed by atoms with Crippen molar-refractivity contribution in [3.8, 4) is 0 Å². The van der Waals surface area contributed by atoms with Crippen molar-refractivity contribution in [2.75, 3.05) is 0 Å². The number of amides is 1. The molecule has 0 radical (unpaired) electrons. The van der Waals surface area contributed by atoms with Crippen molar-refractivity contribution in [3.63, 3.8) is 0 Å². The van der Waals surface area contributed by atoms with Gasteiger partial charge in [-0.2, -0.15) is 0 Å². The van der Waals surface area contributed by atoms with E-state index in [-0.39, 0.29) is 5.37 Å². The highest BCUT2D eigenvalue weighted by Gasteiger charge is 2.27. The number of carbonyl (C=O) groups excluding carboxylic acids is 1. The molecule has 0 N–H and O–H groups in total. The first kappa shape index (κ1) is 8.85. The number of hydrogen-bond donors (Lipinski definition) is 0. The SMILES string of the molecule is C[C@H]1CCC[C@H](C)N1C(=O)Cl. The summed E-state index contributed by atoms with van der Waals surface area (Å²) in [5.74, 6) is 0. The fourth-order valence-corrected chi connectivity index (χ4v) is 2.10. The maximum Gasteiger partial charge on any atom is 0.316 e. The van der Waals surface area contributed by atoms with Gasteiger partial charge in [-0.25, -0.2) is 0 Å². The molecule has 1 saturated heterocycles. The Hall–Kier alpha value is -0.240. The van der Waals surface area contributed by atoms with E-state index in [1.807, 2.05) is 0 Å². The van der Waals surface area contributed by atoms with Crippen molar-refractivity contribution in [2.24, 2.45) is 0 Å². The van der Waals surface area contributed by atoms with Gasteiger partial charge in [0.25, 0.3) is 0 Å². The lowest BCUT2D eigenvalue weighted by molar-refractivity contribution is 0.141. The maximum atomic E-state index is 10.9. The Morgan fingerprint density at radius 1 is 1.36 bits per heavy atom. The molecule has 1 aliphatic heterocycles. The molecule has 0 aromatic carbocycles. The lowest BCUT2D eigenvalue weighted by Gasteiger charge is -2.37. The van der Waals surface area contributed by atoms with E-state index in [9.17, 15) is 4.79 Å². The highest BCUT2D eigenvalue weighted by atomic mass is 35.5. The van der Waals surface area contributed by atoms with Crippen LogP contribution in [0.4, 0.5) is 4.79 Å². The summed E-state index contributed by atoms with van der Waals surface area (Å²) in [4.78, 5) is 12.7. The fraction of sp³-hybridized carbons (Fsp3) is 0.875. The van der Waals surface area contributed by atoms with Gasteiger partial charge in [0.15, 0.2) is 0 Å². The highest BCUT2D eigenvalue weighted by molar-refractivity contribution is 6.62. The summed E-state index contributed by atoms with van der Waals surface area (Å²) in [5, 5.41) is -0.301. The molecule has 1 aliphatic rings. The predicted octanol–water partition coefficient (Wildman–Crippen LogP) is 2.61. The van der Waals surface area contributed by atoms with Crippen molar-refractivity contribution >= 4 is 17.0 Å². The Morgan fingerprint density at radius 2 is 1.82 bits per heavy atom. The maximum absolute atomic E-state index is 10.9. The topological polar surface area (TPSA) is 20.3 Å². The third kappa shape index (κ3) is 1.86. The van der Waals surface area contributed by atoms with E-state index in [0.717, 1.165) is 12.8 Å². The minimum atomic E-state index is -0.301. The van der Waals surface area contributed by atoms with Crippen LogP contribution in [0.2, 0.25) is 0 Å². The Labute approximate surface area is 72.5 Å². The van der Waals surface area contributed by atoms with Crippen molar-refractivity contribution in [3.05, 3.63) is 0 Å². The molecule has 0 bridgehead atoms. The third-order valence-electron chi connectivity index (χ3n) is 2.40. The largest absolute Gasteiger partial charge is 0.324 e. The molecule has 0 aliphatic carbocycles. The number of nitrogens with zero attached hydrogens (tertiary/aromatic N) is 1. The summed E-state index contributed by atoms with van der Waals surface area (Å²) in [6.07, 6.45) is 3.38. The average molecular weight is 176 g/mol. The van der Waals surface area contributed by atoms with Gasteiger partial charge in [0.1, 0.15) is 0 Å². The van der Waals surface area contributed by atoms with Crippen molar-refractivity contribution in [1.82, 2.24) is 4.90 Å². The molecule has 1 fully saturated rings. The molecular weight excluding hydrogens is 162 g/mol. The first-order valence-corrected chi connectivity index (χ1v) is 4.48. The zero-order chi connectivity index (χ0) is 8.43. The molecule has 0 unspecified atom stereocenters. The summed E-state index contributed by atoms with van der Waals surface area (Å²) in [7, 11) is 0. The molecule has 0 aromatic rings. The molecule has 2 nitrogen and oxygen atoms in total. The van der Waals surface area contributed by atoms with Crippen LogP contribution in [0.5, 0.6) is 0 Å². The van der Waals surface area contributed by atoms with Crippen LogP contribution in [0, 0.1) is 0 Å². The van der Waals surface area contributed by atoms with Gasteiger partial charge in [-0.1, -0.05) is 0 Å². The number of carbonyl (C=O) groups is 1. The van der Waals surface area contributed by atoms with E-state index in [1.54, 1.807) is 4.90 Å². The van der Waals surface area contributed by atoms with Crippen LogP contribution < -0.4 is 0 Å². The second kappa shape index (κ2) is 3.44. The summed E-state index contributed by atoms with van der Waals surface area (Å²) in [6.45, 7) is 4.10. The van der Waals surface area contributed by atoms with Crippen molar-refractivity contribution in [2.45, 2.75) is 45.2 Å². The summed E-state index contributed by atoms with van der Waals surface area (Å²) < 4.78 is 0. The lowest BCUT2D eigenvalue weighted by Crippen LogP contribution is -2.45. The number of hydrogen-bond acceptors (Lipinski definition) is 1. The third-order valence-corrected chi connectivity index (χ3v) is 2.59. The summed E-state index contributed by atoms with van der Waals surface area (Å²) >= 11 is 5.43. The Kier molecular flexibility index (Phi) is 2.77. The first-order valence-electron chi connectivity index (χ1n) is 4.10. The van der Waals surface area contributed by atoms with Gasteiger partial charge in [0.05, 0.1) is 0 Å². The van der Waals surface area contributed by atoms with E-state index in [1.165, 1.54) is 6.42 Å². The second-order valence-corrected chi connectivity index (χ2v) is 3.61. The van der Waals surface area contributed by atoms with Gasteiger partial charge in [0.2, 0.25) is 0 Å². The quantitative estimate of drug-likeness (QED) is 0.410. The number of piperidine rings is 1. The normalized spacial score (nSPS) is 32.1. The van der Waals surface area contributed by atoms with Gasteiger partial charge >= 0.3 is 5.37 Å². The standard InChI is InChI=1S/C8H14ClNO/c1-6-4-3-5-7(2)10(6)8(9)11/h6-7H,3-5H2,1-2H3/t6-,7-/m0/s1. The zero-order valence-electron chi connectivity index (χ0n) is 7.01. The molecule has 1 amide bonds. The predicted molar refractivity (Wildman–Crippen MR) is 45.9 cm³/mol. The van der Waals surface area contributed by atoms with Crippen molar-refractivity contribution < 1.29 is 4.79 Å². The summed E-state index contributed by atoms with van der Waals surface area (Å²) in [5.41, 5.74) is 0. The fourth-order valence-electron chi connectivity index (χ4n) is 1.77. The van der Waals surface area contributed by atoms with E-state index < -0.39 is 0 Å². The van der Waals surface area contributed by atoms with Crippen molar-refractivity contribution in [1.29, 1.82) is 0 Å². The average Bonchev–Trinajstić information content (AvgIpc) is 1.85. The molecule has 0 spiro atoms. The molecule has 3 heteroatoms. The van der Waals surface area contributed by atoms with Crippen LogP contribution in [0.15, 0.2) is 0 Å². The molecule has 11 heavy (non-hydrogen) atoms. The minimum absolute atomic E-state index is 0.301. The number of likely N-dealkylation sites (tertiary alicyclic amines) is 1. The zero-order valence-corrected chi connectivity index (χ0v) is 7.77. The molecule has 1 heterocycles. The van der Waals surface area contributed by atoms with E-state index in [2.05, 4.69) is 13.8 Å². The van der Waals surface area contributed by atoms with E-state index in [0.29, 0.717) is 12.1 Å². The Bertz CT molecular complexity index is 150. The summed E-state index contributed by atoms with van der Waals surface area (Å²) in [6, 6.07) is 0.646. The van der Waals surface area contributed by atoms with Gasteiger partial charge in [-0.15, -0.1) is 0 Å². The van der Waals surface area contributed by atoms with Crippen LogP contribution in [0.25, 0.3) is 0 Å². The van der Waals surface area contributed by atoms with Crippen LogP contribution in [-0.4, -0.2) is 22.3 Å². The second-order valence-electron chi connectivity index (χ2n) is 3.29. The molecular formula is C8H14ClNO. The van der Waals surface area contributed by atoms with Gasteiger partial charge in [0, 0.05) is 12.1 Å². The van der Waals surface area contributed by atoms with Crippen LogP contribution >= 0.6 is 11.6 Å². The number of rotatable bonds is 0. The van der Waals surface area contributed by atoms with Crippen LogP contribution in [0.1, 0.15) is 33.1 Å². The van der Waals surface area contributed by atoms with E-state index in [4.69, 9.17) is 11.6 Å². The Balaban J connectivity index is 2.62. The molecule has 64 valence electrons. The molecule has 2 atom stereocenters. The monoisotopic (exact) mass is 175 g/mol. The minimum Gasteiger partial charge on any atom is -0.324 e. The number of halogens is 1.